The van der Waals surface area contributed by atoms with Gasteiger partial charge in [0.15, 0.2) is 0 Å². The lowest BCUT2D eigenvalue weighted by Crippen LogP contribution is -2.02. The molecule has 0 aromatic rings. The summed E-state index contributed by atoms with van der Waals surface area (Å²) in [7, 11) is 0. The van der Waals surface area contributed by atoms with Gasteiger partial charge in [0.25, 0.3) is 0 Å². The quantitative estimate of drug-likeness (QED) is 0.438. The Bertz CT molecular complexity index is 84.6. The van der Waals surface area contributed by atoms with Gasteiger partial charge in [-0.25, -0.2) is 0 Å². The third-order valence-corrected chi connectivity index (χ3v) is 0.953. The van der Waals surface area contributed by atoms with Crippen LogP contribution in [0.25, 0.3) is 0 Å². The Morgan fingerprint density at radius 1 is 1.56 bits per heavy atom. The molecule has 0 saturated heterocycles. The van der Waals surface area contributed by atoms with Gasteiger partial charge in [-0.15, -0.1) is 6.58 Å². The molecule has 0 aliphatic carbocycles. The van der Waals surface area contributed by atoms with Crippen molar-refractivity contribution in [3.05, 3.63) is 24.9 Å². The van der Waals surface area contributed by atoms with Crippen LogP contribution in [0.5, 0.6) is 0 Å². The van der Waals surface area contributed by atoms with Crippen molar-refractivity contribution >= 4 is 0 Å². The fourth-order valence-corrected chi connectivity index (χ4v) is 0.485. The van der Waals surface area contributed by atoms with Crippen molar-refractivity contribution in [2.75, 3.05) is 6.54 Å². The molecule has 9 heavy (non-hydrogen) atoms. The van der Waals surface area contributed by atoms with E-state index in [-0.39, 0.29) is 0 Å². The van der Waals surface area contributed by atoms with Gasteiger partial charge in [0.05, 0.1) is 0 Å². The highest BCUT2D eigenvalue weighted by Gasteiger charge is 1.70. The number of hydrogen-bond acceptors (Lipinski definition) is 1. The number of allylic oxidation sites excluding steroid dienone is 1. The van der Waals surface area contributed by atoms with Crippen LogP contribution in [0, 0.1) is 0 Å². The predicted octanol–water partition coefficient (Wildman–Crippen LogP) is 2.08. The Labute approximate surface area is 57.5 Å². The fraction of sp³-hybridized carbons (Fsp3) is 0.500. The lowest BCUT2D eigenvalue weighted by Gasteiger charge is -1.90. The molecule has 0 atom stereocenters. The van der Waals surface area contributed by atoms with Crippen LogP contribution in [0.1, 0.15) is 19.8 Å². The zero-order valence-corrected chi connectivity index (χ0v) is 6.06. The summed E-state index contributed by atoms with van der Waals surface area (Å²) >= 11 is 0. The highest BCUT2D eigenvalue weighted by Crippen LogP contribution is 1.85. The second-order valence-electron chi connectivity index (χ2n) is 1.89. The number of unbranched alkanes of at least 4 members (excludes halogenated alkanes) is 1. The molecule has 0 unspecified atom stereocenters. The predicted molar refractivity (Wildman–Crippen MR) is 42.2 cm³/mol. The molecule has 0 fully saturated rings. The van der Waals surface area contributed by atoms with E-state index < -0.39 is 0 Å². The average molecular weight is 125 g/mol. The van der Waals surface area contributed by atoms with Gasteiger partial charge < -0.3 is 5.32 Å². The zero-order chi connectivity index (χ0) is 6.95. The van der Waals surface area contributed by atoms with E-state index in [9.17, 15) is 0 Å². The smallest absolute Gasteiger partial charge is 0.0322 e. The molecule has 0 rings (SSSR count). The van der Waals surface area contributed by atoms with Crippen LogP contribution in [-0.2, 0) is 0 Å². The molecular formula is C8H15N. The van der Waals surface area contributed by atoms with Crippen molar-refractivity contribution in [3.8, 4) is 0 Å². The third kappa shape index (κ3) is 7.28. The maximum Gasteiger partial charge on any atom is 0.0322 e. The van der Waals surface area contributed by atoms with Crippen LogP contribution in [0.3, 0.4) is 0 Å². The topological polar surface area (TPSA) is 12.0 Å². The van der Waals surface area contributed by atoms with Gasteiger partial charge in [-0.05, 0) is 12.6 Å². The lowest BCUT2D eigenvalue weighted by atomic mass is 10.3. The molecule has 0 aromatic heterocycles. The molecule has 1 nitrogen and oxygen atoms in total. The summed E-state index contributed by atoms with van der Waals surface area (Å²) in [6, 6.07) is 0. The number of hydrogen-bond donors (Lipinski definition) is 1. The van der Waals surface area contributed by atoms with Gasteiger partial charge in [0.1, 0.15) is 0 Å². The molecular weight excluding hydrogens is 110 g/mol. The summed E-state index contributed by atoms with van der Waals surface area (Å²) in [5.41, 5.74) is 0. The van der Waals surface area contributed by atoms with Crippen molar-refractivity contribution in [1.82, 2.24) is 5.32 Å². The van der Waals surface area contributed by atoms with Crippen LogP contribution in [-0.4, -0.2) is 6.54 Å². The Morgan fingerprint density at radius 2 is 2.33 bits per heavy atom. The second kappa shape index (κ2) is 7.28. The minimum atomic E-state index is 0.861. The summed E-state index contributed by atoms with van der Waals surface area (Å²) in [4.78, 5) is 0. The Kier molecular flexibility index (Phi) is 6.70. The van der Waals surface area contributed by atoms with Gasteiger partial charge in [-0.3, -0.25) is 0 Å². The maximum absolute atomic E-state index is 3.58. The van der Waals surface area contributed by atoms with Gasteiger partial charge in [-0.2, -0.15) is 0 Å². The molecule has 0 bridgehead atoms. The molecule has 0 saturated carbocycles. The SMILES string of the molecule is C=CCNC=CCCC. The van der Waals surface area contributed by atoms with Gasteiger partial charge in [0.2, 0.25) is 0 Å². The van der Waals surface area contributed by atoms with Crippen molar-refractivity contribution in [2.24, 2.45) is 0 Å². The van der Waals surface area contributed by atoms with E-state index >= 15 is 0 Å². The van der Waals surface area contributed by atoms with Crippen molar-refractivity contribution in [3.63, 3.8) is 0 Å². The Morgan fingerprint density at radius 3 is 2.89 bits per heavy atom. The minimum absolute atomic E-state index is 0.861. The average Bonchev–Trinajstić information content (AvgIpc) is 1.89. The summed E-state index contributed by atoms with van der Waals surface area (Å²) < 4.78 is 0. The molecule has 1 heteroatoms. The molecule has 0 heterocycles. The van der Waals surface area contributed by atoms with Crippen LogP contribution in [0.2, 0.25) is 0 Å². The van der Waals surface area contributed by atoms with Crippen LogP contribution < -0.4 is 5.32 Å². The van der Waals surface area contributed by atoms with Gasteiger partial charge >= 0.3 is 0 Å². The van der Waals surface area contributed by atoms with E-state index in [1.165, 1.54) is 6.42 Å². The van der Waals surface area contributed by atoms with Crippen LogP contribution in [0.4, 0.5) is 0 Å². The first-order chi connectivity index (χ1) is 4.41. The van der Waals surface area contributed by atoms with E-state index in [1.807, 2.05) is 12.3 Å². The van der Waals surface area contributed by atoms with E-state index in [4.69, 9.17) is 0 Å². The largest absolute Gasteiger partial charge is 0.388 e. The summed E-state index contributed by atoms with van der Waals surface area (Å²) in [5.74, 6) is 0. The third-order valence-electron chi connectivity index (χ3n) is 0.953. The van der Waals surface area contributed by atoms with E-state index in [1.54, 1.807) is 0 Å². The Hall–Kier alpha value is -0.720. The number of nitrogens with one attached hydrogen (secondary N) is 1. The molecule has 52 valence electrons. The summed E-state index contributed by atoms with van der Waals surface area (Å²) in [6.07, 6.45) is 8.32. The lowest BCUT2D eigenvalue weighted by molar-refractivity contribution is 0.924. The minimum Gasteiger partial charge on any atom is -0.388 e. The maximum atomic E-state index is 3.58. The molecule has 0 spiro atoms. The monoisotopic (exact) mass is 125 g/mol. The normalized spacial score (nSPS) is 9.89. The first-order valence-corrected chi connectivity index (χ1v) is 3.41. The van der Waals surface area contributed by atoms with Gasteiger partial charge in [-0.1, -0.05) is 25.5 Å². The second-order valence-corrected chi connectivity index (χ2v) is 1.89. The molecule has 0 amide bonds. The Balaban J connectivity index is 2.94. The van der Waals surface area contributed by atoms with E-state index in [0.717, 1.165) is 13.0 Å². The molecule has 0 aromatic carbocycles. The van der Waals surface area contributed by atoms with Crippen molar-refractivity contribution < 1.29 is 0 Å². The standard InChI is InChI=1S/C8H15N/c1-3-5-6-8-9-7-4-2/h4,6,8-9H,2-3,5,7H2,1H3. The van der Waals surface area contributed by atoms with E-state index in [2.05, 4.69) is 24.9 Å². The molecule has 0 radical (unpaired) electrons. The zero-order valence-electron chi connectivity index (χ0n) is 6.06. The summed E-state index contributed by atoms with van der Waals surface area (Å²) in [5, 5.41) is 3.07. The first kappa shape index (κ1) is 8.28. The van der Waals surface area contributed by atoms with Gasteiger partial charge in [0, 0.05) is 6.54 Å². The fourth-order valence-electron chi connectivity index (χ4n) is 0.485. The molecule has 0 aliphatic heterocycles. The highest BCUT2D eigenvalue weighted by atomic mass is 14.8. The van der Waals surface area contributed by atoms with Crippen LogP contribution in [0.15, 0.2) is 24.9 Å². The van der Waals surface area contributed by atoms with E-state index in [0.29, 0.717) is 0 Å². The van der Waals surface area contributed by atoms with Crippen LogP contribution >= 0.6 is 0 Å². The highest BCUT2D eigenvalue weighted by molar-refractivity contribution is 4.82. The van der Waals surface area contributed by atoms with Crippen molar-refractivity contribution in [1.29, 1.82) is 0 Å². The molecule has 0 aliphatic rings. The molecule has 1 N–H and O–H groups in total. The number of rotatable bonds is 5. The summed E-state index contributed by atoms with van der Waals surface area (Å²) in [6.45, 7) is 6.61. The van der Waals surface area contributed by atoms with Crippen molar-refractivity contribution in [2.45, 2.75) is 19.8 Å². The first-order valence-electron chi connectivity index (χ1n) is 3.41.